The molecule has 7 heteroatoms. The number of fused-ring (bicyclic) bond motifs is 1. The molecule has 7 nitrogen and oxygen atoms in total. The smallest absolute Gasteiger partial charge is 0.241 e. The number of aromatic nitrogens is 4. The fourth-order valence-electron chi connectivity index (χ4n) is 2.74. The van der Waals surface area contributed by atoms with Crippen LogP contribution in [0.25, 0.3) is 0 Å². The van der Waals surface area contributed by atoms with Gasteiger partial charge in [-0.1, -0.05) is 18.2 Å². The van der Waals surface area contributed by atoms with Crippen molar-refractivity contribution in [3.63, 3.8) is 0 Å². The molecule has 0 spiro atoms. The molecule has 0 aliphatic carbocycles. The maximum atomic E-state index is 12.4. The number of benzene rings is 1. The fourth-order valence-corrected chi connectivity index (χ4v) is 2.74. The van der Waals surface area contributed by atoms with Crippen LogP contribution in [0.2, 0.25) is 0 Å². The summed E-state index contributed by atoms with van der Waals surface area (Å²) >= 11 is 0. The van der Waals surface area contributed by atoms with Gasteiger partial charge in [-0.25, -0.2) is 4.68 Å². The number of carbonyl (C=O) groups is 1. The van der Waals surface area contributed by atoms with Crippen molar-refractivity contribution in [1.29, 1.82) is 0 Å². The van der Waals surface area contributed by atoms with Crippen molar-refractivity contribution < 1.29 is 4.79 Å². The number of nitrogens with zero attached hydrogens (tertiary/aromatic N) is 5. The quantitative estimate of drug-likeness (QED) is 0.914. The number of rotatable bonds is 2. The molecule has 0 radical (unpaired) electrons. The van der Waals surface area contributed by atoms with E-state index in [1.165, 1.54) is 0 Å². The highest BCUT2D eigenvalue weighted by Crippen LogP contribution is 2.24. The second-order valence-corrected chi connectivity index (χ2v) is 6.91. The molecule has 0 unspecified atom stereocenters. The molecule has 1 aliphatic heterocycles. The topological polar surface area (TPSA) is 75.9 Å². The monoisotopic (exact) mass is 314 g/mol. The Morgan fingerprint density at radius 3 is 2.78 bits per heavy atom. The Morgan fingerprint density at radius 2 is 2.04 bits per heavy atom. The fraction of sp³-hybridized carbons (Fsp3) is 0.500. The number of carbonyl (C=O) groups excluding carboxylic acids is 1. The van der Waals surface area contributed by atoms with E-state index in [2.05, 4.69) is 46.5 Å². The van der Waals surface area contributed by atoms with Crippen molar-refractivity contribution in [3.05, 3.63) is 35.7 Å². The van der Waals surface area contributed by atoms with E-state index in [9.17, 15) is 4.79 Å². The van der Waals surface area contributed by atoms with Crippen molar-refractivity contribution in [2.24, 2.45) is 0 Å². The van der Waals surface area contributed by atoms with Gasteiger partial charge in [0.05, 0.1) is 18.1 Å². The first-order chi connectivity index (χ1) is 10.9. The minimum atomic E-state index is -0.257. The average molecular weight is 314 g/mol. The van der Waals surface area contributed by atoms with Crippen LogP contribution >= 0.6 is 0 Å². The minimum absolute atomic E-state index is 0.00951. The SMILES string of the molecule is C[C@H]1C(=O)Nc2ccccc2CN1Cc1nnnn1C(C)(C)C. The molecule has 0 bridgehead atoms. The van der Waals surface area contributed by atoms with Crippen LogP contribution in [0.4, 0.5) is 5.69 Å². The van der Waals surface area contributed by atoms with Crippen LogP contribution in [-0.4, -0.2) is 37.1 Å². The Bertz CT molecular complexity index is 717. The third-order valence-electron chi connectivity index (χ3n) is 4.09. The van der Waals surface area contributed by atoms with Crippen molar-refractivity contribution in [1.82, 2.24) is 25.1 Å². The van der Waals surface area contributed by atoms with E-state index in [-0.39, 0.29) is 17.5 Å². The van der Waals surface area contributed by atoms with Gasteiger partial charge in [-0.2, -0.15) is 0 Å². The molecule has 1 aromatic carbocycles. The summed E-state index contributed by atoms with van der Waals surface area (Å²) in [6.07, 6.45) is 0. The number of amides is 1. The summed E-state index contributed by atoms with van der Waals surface area (Å²) in [4.78, 5) is 14.5. The molecular weight excluding hydrogens is 292 g/mol. The molecule has 23 heavy (non-hydrogen) atoms. The van der Waals surface area contributed by atoms with Crippen LogP contribution < -0.4 is 5.32 Å². The van der Waals surface area contributed by atoms with Gasteiger partial charge >= 0.3 is 0 Å². The summed E-state index contributed by atoms with van der Waals surface area (Å²) in [5.74, 6) is 0.751. The molecule has 1 atom stereocenters. The van der Waals surface area contributed by atoms with Crippen LogP contribution in [0.3, 0.4) is 0 Å². The third-order valence-corrected chi connectivity index (χ3v) is 4.09. The normalized spacial score (nSPS) is 19.1. The number of anilines is 1. The molecule has 122 valence electrons. The molecule has 3 rings (SSSR count). The van der Waals surface area contributed by atoms with Crippen molar-refractivity contribution >= 4 is 11.6 Å². The molecule has 1 aromatic heterocycles. The van der Waals surface area contributed by atoms with E-state index in [4.69, 9.17) is 0 Å². The van der Waals surface area contributed by atoms with Crippen LogP contribution in [0, 0.1) is 0 Å². The maximum Gasteiger partial charge on any atom is 0.241 e. The molecule has 1 N–H and O–H groups in total. The zero-order valence-corrected chi connectivity index (χ0v) is 13.9. The summed E-state index contributed by atoms with van der Waals surface area (Å²) in [7, 11) is 0. The number of tetrazole rings is 1. The van der Waals surface area contributed by atoms with Crippen molar-refractivity contribution in [2.75, 3.05) is 5.32 Å². The first kappa shape index (κ1) is 15.6. The average Bonchev–Trinajstić information content (AvgIpc) is 2.91. The van der Waals surface area contributed by atoms with Gasteiger partial charge in [-0.05, 0) is 49.8 Å². The van der Waals surface area contributed by atoms with Crippen molar-refractivity contribution in [2.45, 2.75) is 52.4 Å². The lowest BCUT2D eigenvalue weighted by Gasteiger charge is -2.27. The van der Waals surface area contributed by atoms with Gasteiger partial charge in [0.2, 0.25) is 5.91 Å². The highest BCUT2D eigenvalue weighted by molar-refractivity contribution is 5.95. The molecule has 2 heterocycles. The zero-order chi connectivity index (χ0) is 16.6. The zero-order valence-electron chi connectivity index (χ0n) is 13.9. The molecule has 0 saturated heterocycles. The molecule has 0 fully saturated rings. The Kier molecular flexibility index (Phi) is 3.89. The van der Waals surface area contributed by atoms with E-state index in [0.717, 1.165) is 17.1 Å². The van der Waals surface area contributed by atoms with E-state index >= 15 is 0 Å². The van der Waals surface area contributed by atoms with Crippen molar-refractivity contribution in [3.8, 4) is 0 Å². The molecule has 0 saturated carbocycles. The van der Waals surface area contributed by atoms with E-state index in [0.29, 0.717) is 13.1 Å². The number of hydrogen-bond acceptors (Lipinski definition) is 5. The van der Waals surface area contributed by atoms with Gasteiger partial charge in [0.1, 0.15) is 0 Å². The Balaban J connectivity index is 1.90. The Hall–Kier alpha value is -2.28. The predicted molar refractivity (Wildman–Crippen MR) is 86.6 cm³/mol. The van der Waals surface area contributed by atoms with Gasteiger partial charge in [0.15, 0.2) is 5.82 Å². The third kappa shape index (κ3) is 3.10. The molecule has 1 amide bonds. The van der Waals surface area contributed by atoms with Gasteiger partial charge in [-0.3, -0.25) is 9.69 Å². The lowest BCUT2D eigenvalue weighted by molar-refractivity contribution is -0.120. The largest absolute Gasteiger partial charge is 0.324 e. The number of hydrogen-bond donors (Lipinski definition) is 1. The molecule has 2 aromatic rings. The summed E-state index contributed by atoms with van der Waals surface area (Å²) in [6, 6.07) is 7.63. The Labute approximate surface area is 135 Å². The highest BCUT2D eigenvalue weighted by atomic mass is 16.2. The van der Waals surface area contributed by atoms with Crippen LogP contribution in [0.1, 0.15) is 39.1 Å². The minimum Gasteiger partial charge on any atom is -0.324 e. The second-order valence-electron chi connectivity index (χ2n) is 6.91. The number of para-hydroxylation sites is 1. The summed E-state index contributed by atoms with van der Waals surface area (Å²) in [6.45, 7) is 9.27. The predicted octanol–water partition coefficient (Wildman–Crippen LogP) is 1.77. The van der Waals surface area contributed by atoms with Crippen LogP contribution in [0.15, 0.2) is 24.3 Å². The van der Waals surface area contributed by atoms with E-state index in [1.54, 1.807) is 0 Å². The first-order valence-corrected chi connectivity index (χ1v) is 7.77. The van der Waals surface area contributed by atoms with E-state index < -0.39 is 0 Å². The van der Waals surface area contributed by atoms with Crippen LogP contribution in [0.5, 0.6) is 0 Å². The number of nitrogens with one attached hydrogen (secondary N) is 1. The van der Waals surface area contributed by atoms with Gasteiger partial charge in [0, 0.05) is 12.2 Å². The van der Waals surface area contributed by atoms with E-state index in [1.807, 2.05) is 35.9 Å². The lowest BCUT2D eigenvalue weighted by atomic mass is 10.1. The lowest BCUT2D eigenvalue weighted by Crippen LogP contribution is -2.40. The standard InChI is InChI=1S/C16H22N6O/c1-11-15(23)17-13-8-6-5-7-12(13)9-21(11)10-14-18-19-20-22(14)16(2,3)4/h5-8,11H,9-10H2,1-4H3,(H,17,23)/t11-/m0/s1. The molecule has 1 aliphatic rings. The van der Waals surface area contributed by atoms with Gasteiger partial charge < -0.3 is 5.32 Å². The highest BCUT2D eigenvalue weighted by Gasteiger charge is 2.29. The van der Waals surface area contributed by atoms with Crippen LogP contribution in [-0.2, 0) is 23.4 Å². The Morgan fingerprint density at radius 1 is 1.30 bits per heavy atom. The summed E-state index contributed by atoms with van der Waals surface area (Å²) in [5, 5.41) is 15.0. The second kappa shape index (κ2) is 5.73. The summed E-state index contributed by atoms with van der Waals surface area (Å²) in [5.41, 5.74) is 1.77. The molecular formula is C16H22N6O. The van der Waals surface area contributed by atoms with Gasteiger partial charge in [-0.15, -0.1) is 5.10 Å². The first-order valence-electron chi connectivity index (χ1n) is 7.77. The van der Waals surface area contributed by atoms with Gasteiger partial charge in [0.25, 0.3) is 0 Å². The maximum absolute atomic E-state index is 12.4. The summed E-state index contributed by atoms with van der Waals surface area (Å²) < 4.78 is 1.81.